The number of piperidine rings is 1. The summed E-state index contributed by atoms with van der Waals surface area (Å²) < 4.78 is 0. The van der Waals surface area contributed by atoms with E-state index >= 15 is 0 Å². The summed E-state index contributed by atoms with van der Waals surface area (Å²) in [5.74, 6) is 1.70. The van der Waals surface area contributed by atoms with E-state index in [0.717, 1.165) is 18.4 Å². The predicted molar refractivity (Wildman–Crippen MR) is 84.9 cm³/mol. The van der Waals surface area contributed by atoms with Crippen LogP contribution in [0.1, 0.15) is 58.8 Å². The molecule has 118 valence electrons. The second-order valence-electron chi connectivity index (χ2n) is 6.84. The van der Waals surface area contributed by atoms with E-state index in [9.17, 15) is 5.11 Å². The molecule has 4 atom stereocenters. The van der Waals surface area contributed by atoms with Crippen LogP contribution in [0.5, 0.6) is 0 Å². The van der Waals surface area contributed by atoms with Crippen LogP contribution in [0.25, 0.3) is 0 Å². The first-order valence-corrected chi connectivity index (χ1v) is 8.86. The molecule has 4 unspecified atom stereocenters. The van der Waals surface area contributed by atoms with Crippen molar-refractivity contribution < 1.29 is 5.11 Å². The third-order valence-electron chi connectivity index (χ3n) is 5.56. The van der Waals surface area contributed by atoms with Crippen LogP contribution in [0.15, 0.2) is 0 Å². The molecule has 0 aromatic rings. The van der Waals surface area contributed by atoms with Gasteiger partial charge in [-0.15, -0.1) is 0 Å². The topological polar surface area (TPSA) is 35.5 Å². The van der Waals surface area contributed by atoms with Gasteiger partial charge in [0.1, 0.15) is 0 Å². The van der Waals surface area contributed by atoms with Gasteiger partial charge in [-0.2, -0.15) is 0 Å². The molecular formula is C17H34N2O. The monoisotopic (exact) mass is 282 g/mol. The standard InChI is InChI=1S/C17H34N2O/c1-3-14-8-9-17(18-4-2)15(11-14)12-19-10-6-5-7-16(19)13-20/h14-18,20H,3-13H2,1-2H3. The van der Waals surface area contributed by atoms with Crippen LogP contribution in [0, 0.1) is 11.8 Å². The molecule has 0 amide bonds. The minimum Gasteiger partial charge on any atom is -0.395 e. The normalized spacial score (nSPS) is 36.1. The van der Waals surface area contributed by atoms with Crippen molar-refractivity contribution in [2.24, 2.45) is 11.8 Å². The number of hydrogen-bond donors (Lipinski definition) is 2. The Bertz CT molecular complexity index is 272. The zero-order valence-corrected chi connectivity index (χ0v) is 13.5. The molecule has 1 heterocycles. The van der Waals surface area contributed by atoms with Crippen molar-refractivity contribution in [2.45, 2.75) is 70.9 Å². The van der Waals surface area contributed by atoms with Gasteiger partial charge in [0.15, 0.2) is 0 Å². The number of aliphatic hydroxyl groups excluding tert-OH is 1. The zero-order valence-electron chi connectivity index (χ0n) is 13.5. The number of aliphatic hydroxyl groups is 1. The molecule has 0 aromatic carbocycles. The molecule has 0 radical (unpaired) electrons. The lowest BCUT2D eigenvalue weighted by Crippen LogP contribution is -2.50. The van der Waals surface area contributed by atoms with Gasteiger partial charge in [-0.25, -0.2) is 0 Å². The average Bonchev–Trinajstić information content (AvgIpc) is 2.49. The summed E-state index contributed by atoms with van der Waals surface area (Å²) in [6, 6.07) is 1.12. The zero-order chi connectivity index (χ0) is 14.4. The Balaban J connectivity index is 1.94. The summed E-state index contributed by atoms with van der Waals surface area (Å²) in [4.78, 5) is 2.58. The Morgan fingerprint density at radius 2 is 2.00 bits per heavy atom. The maximum Gasteiger partial charge on any atom is 0.0586 e. The minimum atomic E-state index is 0.343. The van der Waals surface area contributed by atoms with E-state index in [4.69, 9.17) is 0 Å². The van der Waals surface area contributed by atoms with Crippen LogP contribution in [0.4, 0.5) is 0 Å². The maximum absolute atomic E-state index is 9.60. The fraction of sp³-hybridized carbons (Fsp3) is 1.00. The summed E-state index contributed by atoms with van der Waals surface area (Å²) in [5.41, 5.74) is 0. The van der Waals surface area contributed by atoms with Crippen LogP contribution in [-0.2, 0) is 0 Å². The fourth-order valence-electron chi connectivity index (χ4n) is 4.27. The van der Waals surface area contributed by atoms with Gasteiger partial charge >= 0.3 is 0 Å². The first kappa shape index (κ1) is 16.3. The summed E-state index contributed by atoms with van der Waals surface area (Å²) in [5, 5.41) is 13.3. The van der Waals surface area contributed by atoms with Gasteiger partial charge in [0.05, 0.1) is 6.61 Å². The first-order chi connectivity index (χ1) is 9.78. The van der Waals surface area contributed by atoms with E-state index in [0.29, 0.717) is 18.7 Å². The summed E-state index contributed by atoms with van der Waals surface area (Å²) >= 11 is 0. The van der Waals surface area contributed by atoms with Gasteiger partial charge in [-0.1, -0.05) is 26.7 Å². The second-order valence-corrected chi connectivity index (χ2v) is 6.84. The van der Waals surface area contributed by atoms with E-state index in [1.807, 2.05) is 0 Å². The lowest BCUT2D eigenvalue weighted by molar-refractivity contribution is 0.0547. The third-order valence-corrected chi connectivity index (χ3v) is 5.56. The van der Waals surface area contributed by atoms with Crippen molar-refractivity contribution in [3.63, 3.8) is 0 Å². The molecule has 2 fully saturated rings. The van der Waals surface area contributed by atoms with Gasteiger partial charge < -0.3 is 10.4 Å². The molecule has 2 N–H and O–H groups in total. The van der Waals surface area contributed by atoms with E-state index in [2.05, 4.69) is 24.1 Å². The smallest absolute Gasteiger partial charge is 0.0586 e. The molecule has 2 rings (SSSR count). The van der Waals surface area contributed by atoms with Crippen molar-refractivity contribution >= 4 is 0 Å². The summed E-state index contributed by atoms with van der Waals surface area (Å²) in [6.07, 6.45) is 9.24. The molecule has 0 spiro atoms. The van der Waals surface area contributed by atoms with Crippen molar-refractivity contribution in [3.8, 4) is 0 Å². The highest BCUT2D eigenvalue weighted by Gasteiger charge is 2.32. The van der Waals surface area contributed by atoms with Crippen LogP contribution in [0.2, 0.25) is 0 Å². The van der Waals surface area contributed by atoms with Gasteiger partial charge in [0.25, 0.3) is 0 Å². The highest BCUT2D eigenvalue weighted by molar-refractivity contribution is 4.88. The predicted octanol–water partition coefficient (Wildman–Crippen LogP) is 2.64. The maximum atomic E-state index is 9.60. The Kier molecular flexibility index (Phi) is 6.79. The first-order valence-electron chi connectivity index (χ1n) is 8.86. The van der Waals surface area contributed by atoms with Crippen LogP contribution in [0.3, 0.4) is 0 Å². The second kappa shape index (κ2) is 8.35. The Morgan fingerprint density at radius 1 is 1.15 bits per heavy atom. The molecule has 1 saturated heterocycles. The molecule has 3 nitrogen and oxygen atoms in total. The quantitative estimate of drug-likeness (QED) is 0.786. The van der Waals surface area contributed by atoms with Crippen molar-refractivity contribution in [3.05, 3.63) is 0 Å². The molecule has 1 aliphatic heterocycles. The number of nitrogens with one attached hydrogen (secondary N) is 1. The molecule has 0 aromatic heterocycles. The van der Waals surface area contributed by atoms with Crippen molar-refractivity contribution in [2.75, 3.05) is 26.2 Å². The molecule has 0 bridgehead atoms. The van der Waals surface area contributed by atoms with Crippen molar-refractivity contribution in [1.82, 2.24) is 10.2 Å². The lowest BCUT2D eigenvalue weighted by Gasteiger charge is -2.42. The summed E-state index contributed by atoms with van der Waals surface area (Å²) in [7, 11) is 0. The lowest BCUT2D eigenvalue weighted by atomic mass is 9.76. The van der Waals surface area contributed by atoms with Crippen molar-refractivity contribution in [1.29, 1.82) is 0 Å². The van der Waals surface area contributed by atoms with Crippen LogP contribution >= 0.6 is 0 Å². The Hall–Kier alpha value is -0.120. The Morgan fingerprint density at radius 3 is 2.70 bits per heavy atom. The van der Waals surface area contributed by atoms with E-state index in [-0.39, 0.29) is 0 Å². The highest BCUT2D eigenvalue weighted by Crippen LogP contribution is 2.33. The molecular weight excluding hydrogens is 248 g/mol. The average molecular weight is 282 g/mol. The third kappa shape index (κ3) is 4.19. The van der Waals surface area contributed by atoms with Gasteiger partial charge in [-0.05, 0) is 57.0 Å². The number of likely N-dealkylation sites (tertiary alicyclic amines) is 1. The minimum absolute atomic E-state index is 0.343. The summed E-state index contributed by atoms with van der Waals surface area (Å²) in [6.45, 7) is 8.38. The number of hydrogen-bond acceptors (Lipinski definition) is 3. The van der Waals surface area contributed by atoms with Gasteiger partial charge in [0.2, 0.25) is 0 Å². The van der Waals surface area contributed by atoms with E-state index in [1.165, 1.54) is 58.0 Å². The molecule has 2 aliphatic rings. The SMILES string of the molecule is CCNC1CCC(CC)CC1CN1CCCCC1CO. The van der Waals surface area contributed by atoms with Crippen LogP contribution < -0.4 is 5.32 Å². The molecule has 3 heteroatoms. The van der Waals surface area contributed by atoms with Gasteiger partial charge in [0, 0.05) is 18.6 Å². The van der Waals surface area contributed by atoms with Crippen LogP contribution in [-0.4, -0.2) is 48.3 Å². The molecule has 1 saturated carbocycles. The largest absolute Gasteiger partial charge is 0.395 e. The number of rotatable bonds is 6. The Labute approximate surface area is 125 Å². The van der Waals surface area contributed by atoms with E-state index < -0.39 is 0 Å². The van der Waals surface area contributed by atoms with E-state index in [1.54, 1.807) is 0 Å². The van der Waals surface area contributed by atoms with Gasteiger partial charge in [-0.3, -0.25) is 4.90 Å². The molecule has 1 aliphatic carbocycles. The fourth-order valence-corrected chi connectivity index (χ4v) is 4.27. The molecule has 20 heavy (non-hydrogen) atoms. The number of nitrogens with zero attached hydrogens (tertiary/aromatic N) is 1. The highest BCUT2D eigenvalue weighted by atomic mass is 16.3.